The third-order valence-corrected chi connectivity index (χ3v) is 3.80. The minimum Gasteiger partial charge on any atom is -0.454 e. The van der Waals surface area contributed by atoms with Gasteiger partial charge < -0.3 is 19.4 Å². The Morgan fingerprint density at radius 1 is 1.22 bits per heavy atom. The van der Waals surface area contributed by atoms with Crippen LogP contribution in [0.2, 0.25) is 0 Å². The number of para-hydroxylation sites is 2. The first-order valence-electron chi connectivity index (χ1n) is 7.29. The molecule has 0 saturated carbocycles. The summed E-state index contributed by atoms with van der Waals surface area (Å²) in [6.45, 7) is 0.707. The molecule has 0 atom stereocenters. The number of hydrogen-bond donors (Lipinski definition) is 1. The van der Waals surface area contributed by atoms with Crippen molar-refractivity contribution in [1.82, 2.24) is 14.9 Å². The van der Waals surface area contributed by atoms with Crippen LogP contribution >= 0.6 is 0 Å². The van der Waals surface area contributed by atoms with Gasteiger partial charge in [0.25, 0.3) is 5.91 Å². The van der Waals surface area contributed by atoms with E-state index in [-0.39, 0.29) is 12.7 Å². The first-order chi connectivity index (χ1) is 11.2. The molecule has 1 aliphatic rings. The zero-order chi connectivity index (χ0) is 15.8. The highest BCUT2D eigenvalue weighted by Gasteiger charge is 2.18. The summed E-state index contributed by atoms with van der Waals surface area (Å²) >= 11 is 0. The summed E-state index contributed by atoms with van der Waals surface area (Å²) in [7, 11) is 1.75. The smallest absolute Gasteiger partial charge is 0.289 e. The summed E-state index contributed by atoms with van der Waals surface area (Å²) in [5.74, 6) is 1.64. The van der Waals surface area contributed by atoms with Crippen LogP contribution in [0, 0.1) is 0 Å². The molecule has 0 bridgehead atoms. The van der Waals surface area contributed by atoms with Crippen molar-refractivity contribution < 1.29 is 14.3 Å². The van der Waals surface area contributed by atoms with Crippen molar-refractivity contribution in [3.05, 3.63) is 53.9 Å². The number of rotatable bonds is 3. The van der Waals surface area contributed by atoms with E-state index >= 15 is 0 Å². The molecule has 4 rings (SSSR count). The van der Waals surface area contributed by atoms with E-state index < -0.39 is 0 Å². The van der Waals surface area contributed by atoms with Gasteiger partial charge in [-0.15, -0.1) is 0 Å². The molecule has 0 unspecified atom stereocenters. The van der Waals surface area contributed by atoms with Crippen LogP contribution in [-0.2, 0) is 6.54 Å². The van der Waals surface area contributed by atoms with Gasteiger partial charge in [-0.05, 0) is 29.8 Å². The Kier molecular flexibility index (Phi) is 3.15. The molecule has 23 heavy (non-hydrogen) atoms. The van der Waals surface area contributed by atoms with E-state index in [4.69, 9.17) is 9.47 Å². The maximum absolute atomic E-state index is 12.5. The lowest BCUT2D eigenvalue weighted by atomic mass is 10.2. The van der Waals surface area contributed by atoms with Gasteiger partial charge in [-0.2, -0.15) is 0 Å². The molecule has 1 N–H and O–H groups in total. The summed E-state index contributed by atoms with van der Waals surface area (Å²) in [6, 6.07) is 13.3. The Bertz CT molecular complexity index is 855. The fourth-order valence-corrected chi connectivity index (χ4v) is 2.62. The van der Waals surface area contributed by atoms with Gasteiger partial charge >= 0.3 is 0 Å². The average molecular weight is 309 g/mol. The van der Waals surface area contributed by atoms with Crippen molar-refractivity contribution in [2.45, 2.75) is 6.54 Å². The van der Waals surface area contributed by atoms with Gasteiger partial charge in [0.05, 0.1) is 11.0 Å². The lowest BCUT2D eigenvalue weighted by Crippen LogP contribution is -2.27. The SMILES string of the molecule is CN(Cc1ccc2c(c1)OCO2)C(=O)c1nc2ccccc2[nH]1. The Morgan fingerprint density at radius 3 is 2.91 bits per heavy atom. The summed E-state index contributed by atoms with van der Waals surface area (Å²) in [4.78, 5) is 21.5. The van der Waals surface area contributed by atoms with E-state index in [2.05, 4.69) is 9.97 Å². The van der Waals surface area contributed by atoms with Gasteiger partial charge in [0, 0.05) is 13.6 Å². The lowest BCUT2D eigenvalue weighted by Gasteiger charge is -2.16. The second kappa shape index (κ2) is 5.31. The summed E-state index contributed by atoms with van der Waals surface area (Å²) < 4.78 is 10.7. The zero-order valence-electron chi connectivity index (χ0n) is 12.6. The molecule has 0 spiro atoms. The Labute approximate surface area is 132 Å². The number of fused-ring (bicyclic) bond motifs is 2. The lowest BCUT2D eigenvalue weighted by molar-refractivity contribution is 0.0774. The van der Waals surface area contributed by atoms with E-state index in [1.165, 1.54) is 0 Å². The number of aromatic amines is 1. The molecular weight excluding hydrogens is 294 g/mol. The van der Waals surface area contributed by atoms with Crippen molar-refractivity contribution >= 4 is 16.9 Å². The van der Waals surface area contributed by atoms with E-state index in [0.717, 1.165) is 22.3 Å². The van der Waals surface area contributed by atoms with Gasteiger partial charge in [0.15, 0.2) is 17.3 Å². The molecule has 1 aliphatic heterocycles. The van der Waals surface area contributed by atoms with Crippen molar-refractivity contribution in [3.8, 4) is 11.5 Å². The average Bonchev–Trinajstić information content (AvgIpc) is 3.19. The first kappa shape index (κ1) is 13.6. The molecule has 0 saturated heterocycles. The highest BCUT2D eigenvalue weighted by Crippen LogP contribution is 2.32. The molecule has 116 valence electrons. The van der Waals surface area contributed by atoms with Crippen molar-refractivity contribution in [2.24, 2.45) is 0 Å². The number of aromatic nitrogens is 2. The fraction of sp³-hybridized carbons (Fsp3) is 0.176. The summed E-state index contributed by atoms with van der Waals surface area (Å²) in [5.41, 5.74) is 2.61. The number of ether oxygens (including phenoxy) is 2. The van der Waals surface area contributed by atoms with Crippen molar-refractivity contribution in [1.29, 1.82) is 0 Å². The Hall–Kier alpha value is -3.02. The fourth-order valence-electron chi connectivity index (χ4n) is 2.62. The number of benzene rings is 2. The minimum atomic E-state index is -0.154. The van der Waals surface area contributed by atoms with Gasteiger partial charge in [0.2, 0.25) is 6.79 Å². The van der Waals surface area contributed by atoms with E-state index in [1.807, 2.05) is 42.5 Å². The van der Waals surface area contributed by atoms with Crippen LogP contribution in [0.25, 0.3) is 11.0 Å². The molecule has 0 aliphatic carbocycles. The third-order valence-electron chi connectivity index (χ3n) is 3.80. The van der Waals surface area contributed by atoms with E-state index in [1.54, 1.807) is 11.9 Å². The van der Waals surface area contributed by atoms with Crippen LogP contribution in [0.3, 0.4) is 0 Å². The van der Waals surface area contributed by atoms with Gasteiger partial charge in [-0.25, -0.2) is 4.98 Å². The molecule has 1 aromatic heterocycles. The summed E-state index contributed by atoms with van der Waals surface area (Å²) in [6.07, 6.45) is 0. The maximum Gasteiger partial charge on any atom is 0.289 e. The molecular formula is C17H15N3O3. The quantitative estimate of drug-likeness (QED) is 0.807. The Morgan fingerprint density at radius 2 is 2.04 bits per heavy atom. The highest BCUT2D eigenvalue weighted by molar-refractivity contribution is 5.94. The molecule has 2 heterocycles. The summed E-state index contributed by atoms with van der Waals surface area (Å²) in [5, 5.41) is 0. The van der Waals surface area contributed by atoms with Gasteiger partial charge in [0.1, 0.15) is 0 Å². The minimum absolute atomic E-state index is 0.154. The van der Waals surface area contributed by atoms with Crippen LogP contribution in [0.4, 0.5) is 0 Å². The van der Waals surface area contributed by atoms with Crippen molar-refractivity contribution in [3.63, 3.8) is 0 Å². The predicted octanol–water partition coefficient (Wildman–Crippen LogP) is 2.56. The third kappa shape index (κ3) is 2.48. The number of carbonyl (C=O) groups is 1. The largest absolute Gasteiger partial charge is 0.454 e. The molecule has 3 aromatic rings. The van der Waals surface area contributed by atoms with Gasteiger partial charge in [-0.3, -0.25) is 4.79 Å². The van der Waals surface area contributed by atoms with Crippen molar-refractivity contribution in [2.75, 3.05) is 13.8 Å². The number of nitrogens with one attached hydrogen (secondary N) is 1. The Balaban J connectivity index is 1.54. The van der Waals surface area contributed by atoms with Crippen LogP contribution in [-0.4, -0.2) is 34.6 Å². The second-order valence-electron chi connectivity index (χ2n) is 5.45. The number of imidazole rings is 1. The normalized spacial score (nSPS) is 12.6. The second-order valence-corrected chi connectivity index (χ2v) is 5.45. The predicted molar refractivity (Wildman–Crippen MR) is 84.5 cm³/mol. The van der Waals surface area contributed by atoms with Crippen LogP contribution in [0.1, 0.15) is 16.2 Å². The van der Waals surface area contributed by atoms with Crippen LogP contribution in [0.5, 0.6) is 11.5 Å². The van der Waals surface area contributed by atoms with Gasteiger partial charge in [-0.1, -0.05) is 18.2 Å². The van der Waals surface area contributed by atoms with E-state index in [9.17, 15) is 4.79 Å². The van der Waals surface area contributed by atoms with E-state index in [0.29, 0.717) is 18.1 Å². The monoisotopic (exact) mass is 309 g/mol. The molecule has 0 fully saturated rings. The highest BCUT2D eigenvalue weighted by atomic mass is 16.7. The number of nitrogens with zero attached hydrogens (tertiary/aromatic N) is 2. The number of amides is 1. The number of carbonyl (C=O) groups excluding carboxylic acids is 1. The molecule has 2 aromatic carbocycles. The topological polar surface area (TPSA) is 67.5 Å². The number of hydrogen-bond acceptors (Lipinski definition) is 4. The molecule has 6 heteroatoms. The van der Waals surface area contributed by atoms with Crippen LogP contribution in [0.15, 0.2) is 42.5 Å². The molecule has 6 nitrogen and oxygen atoms in total. The molecule has 0 radical (unpaired) electrons. The standard InChI is InChI=1S/C17H15N3O3/c1-20(9-11-6-7-14-15(8-11)23-10-22-14)17(21)16-18-12-4-2-3-5-13(12)19-16/h2-8H,9-10H2,1H3,(H,18,19). The zero-order valence-corrected chi connectivity index (χ0v) is 12.6. The maximum atomic E-state index is 12.5. The van der Waals surface area contributed by atoms with Crippen LogP contribution < -0.4 is 9.47 Å². The molecule has 1 amide bonds. The number of H-pyrrole nitrogens is 1. The first-order valence-corrected chi connectivity index (χ1v) is 7.29.